The first-order valence-electron chi connectivity index (χ1n) is 9.57. The molecule has 0 unspecified atom stereocenters. The summed E-state index contributed by atoms with van der Waals surface area (Å²) in [5, 5.41) is 0. The minimum absolute atomic E-state index is 0.677. The third-order valence-corrected chi connectivity index (χ3v) is 12.1. The zero-order chi connectivity index (χ0) is 18.1. The summed E-state index contributed by atoms with van der Waals surface area (Å²) in [6.45, 7) is 18.6. The summed E-state index contributed by atoms with van der Waals surface area (Å²) >= 11 is 0. The fourth-order valence-corrected chi connectivity index (χ4v) is 7.60. The molecule has 0 N–H and O–H groups in total. The summed E-state index contributed by atoms with van der Waals surface area (Å²) in [6.07, 6.45) is 2.69. The minimum Gasteiger partial charge on any atom is -0.376 e. The van der Waals surface area contributed by atoms with Gasteiger partial charge in [0.05, 0.1) is 0 Å². The van der Waals surface area contributed by atoms with Crippen molar-refractivity contribution in [2.75, 3.05) is 33.4 Å². The summed E-state index contributed by atoms with van der Waals surface area (Å²) in [6, 6.07) is 4.25. The largest absolute Gasteiger partial charge is 0.484 e. The van der Waals surface area contributed by atoms with Crippen LogP contribution in [-0.2, 0) is 13.3 Å². The van der Waals surface area contributed by atoms with Gasteiger partial charge in [0.25, 0.3) is 0 Å². The first-order chi connectivity index (χ1) is 11.0. The van der Waals surface area contributed by atoms with Crippen LogP contribution in [0, 0.1) is 0 Å². The van der Waals surface area contributed by atoms with Crippen LogP contribution in [0.3, 0.4) is 0 Å². The molecule has 4 nitrogen and oxygen atoms in total. The maximum Gasteiger partial charge on any atom is 0.484 e. The van der Waals surface area contributed by atoms with E-state index >= 15 is 0 Å². The Hall–Kier alpha value is 0.274. The van der Waals surface area contributed by atoms with Crippen LogP contribution >= 0.6 is 0 Å². The van der Waals surface area contributed by atoms with Gasteiger partial charge in [-0.05, 0) is 58.9 Å². The van der Waals surface area contributed by atoms with Gasteiger partial charge >= 0.3 is 9.53 Å². The lowest BCUT2D eigenvalue weighted by Crippen LogP contribution is -2.50. The van der Waals surface area contributed by atoms with E-state index in [1.54, 1.807) is 0 Å². The SMILES string of the molecule is CCCCN(C)[Si](CC)(CC)CC.CCO[SiH](OCC)OCC. The summed E-state index contributed by atoms with van der Waals surface area (Å²) < 4.78 is 18.4. The molecular weight excluding hydrogens is 322 g/mol. The normalized spacial score (nSPS) is 11.7. The van der Waals surface area contributed by atoms with E-state index in [0.717, 1.165) is 0 Å². The van der Waals surface area contributed by atoms with Crippen LogP contribution in [0.1, 0.15) is 61.3 Å². The smallest absolute Gasteiger partial charge is 0.376 e. The van der Waals surface area contributed by atoms with Crippen molar-refractivity contribution in [3.05, 3.63) is 0 Å². The van der Waals surface area contributed by atoms with Crippen molar-refractivity contribution in [2.45, 2.75) is 79.4 Å². The molecule has 0 rings (SSSR count). The molecule has 0 aromatic carbocycles. The van der Waals surface area contributed by atoms with E-state index in [0.29, 0.717) is 19.8 Å². The summed E-state index contributed by atoms with van der Waals surface area (Å²) in [5.41, 5.74) is 0. The van der Waals surface area contributed by atoms with Gasteiger partial charge in [-0.15, -0.1) is 0 Å². The van der Waals surface area contributed by atoms with Crippen molar-refractivity contribution >= 4 is 17.8 Å². The standard InChI is InChI=1S/C11H27NSi.C6H16O3Si/c1-6-10-11-12(5)13(7-2,8-3)9-4;1-4-7-10(8-5-2)9-6-3/h6-11H2,1-5H3;10H,4-6H2,1-3H3. The molecule has 0 atom stereocenters. The Morgan fingerprint density at radius 3 is 1.39 bits per heavy atom. The van der Waals surface area contributed by atoms with E-state index in [-0.39, 0.29) is 0 Å². The van der Waals surface area contributed by atoms with Crippen molar-refractivity contribution in [3.63, 3.8) is 0 Å². The molecule has 23 heavy (non-hydrogen) atoms. The molecule has 0 aliphatic rings. The van der Waals surface area contributed by atoms with Crippen LogP contribution in [-0.4, -0.2) is 55.7 Å². The van der Waals surface area contributed by atoms with Crippen LogP contribution in [0.25, 0.3) is 0 Å². The summed E-state index contributed by atoms with van der Waals surface area (Å²) in [4.78, 5) is 0. The maximum atomic E-state index is 5.22. The molecule has 0 spiro atoms. The minimum atomic E-state index is -1.73. The predicted molar refractivity (Wildman–Crippen MR) is 107 cm³/mol. The predicted octanol–water partition coefficient (Wildman–Crippen LogP) is 4.54. The van der Waals surface area contributed by atoms with Crippen LogP contribution in [0.15, 0.2) is 0 Å². The summed E-state index contributed by atoms with van der Waals surface area (Å²) in [5.74, 6) is 0. The van der Waals surface area contributed by atoms with Gasteiger partial charge in [-0.1, -0.05) is 34.1 Å². The molecule has 0 fully saturated rings. The molecule has 0 bridgehead atoms. The Labute approximate surface area is 148 Å². The second-order valence-corrected chi connectivity index (χ2v) is 12.6. The fourth-order valence-electron chi connectivity index (χ4n) is 2.74. The molecular formula is C17H43NO3Si2. The van der Waals surface area contributed by atoms with E-state index in [9.17, 15) is 0 Å². The lowest BCUT2D eigenvalue weighted by molar-refractivity contribution is 0.107. The van der Waals surface area contributed by atoms with Crippen LogP contribution < -0.4 is 0 Å². The molecule has 0 aliphatic carbocycles. The number of hydrogen-bond acceptors (Lipinski definition) is 4. The van der Waals surface area contributed by atoms with Gasteiger partial charge in [-0.3, -0.25) is 0 Å². The van der Waals surface area contributed by atoms with Gasteiger partial charge in [0.15, 0.2) is 0 Å². The van der Waals surface area contributed by atoms with Gasteiger partial charge in [0, 0.05) is 19.8 Å². The second-order valence-electron chi connectivity index (χ2n) is 5.71. The first-order valence-corrected chi connectivity index (χ1v) is 13.6. The molecule has 142 valence electrons. The highest BCUT2D eigenvalue weighted by Crippen LogP contribution is 2.23. The average molecular weight is 366 g/mol. The Balaban J connectivity index is 0. The van der Waals surface area contributed by atoms with E-state index in [1.165, 1.54) is 37.5 Å². The van der Waals surface area contributed by atoms with Crippen molar-refractivity contribution in [1.82, 2.24) is 4.57 Å². The number of unbranched alkanes of at least 4 members (excludes halogenated alkanes) is 1. The van der Waals surface area contributed by atoms with Gasteiger partial charge < -0.3 is 17.8 Å². The summed E-state index contributed by atoms with van der Waals surface area (Å²) in [7, 11) is -0.413. The molecule has 0 saturated carbocycles. The Morgan fingerprint density at radius 1 is 0.739 bits per heavy atom. The van der Waals surface area contributed by atoms with Crippen molar-refractivity contribution < 1.29 is 13.3 Å². The molecule has 0 radical (unpaired) electrons. The number of nitrogens with zero attached hydrogens (tertiary/aromatic N) is 1. The Kier molecular flexibility index (Phi) is 19.0. The van der Waals surface area contributed by atoms with Gasteiger partial charge in [-0.2, -0.15) is 0 Å². The monoisotopic (exact) mass is 365 g/mol. The first kappa shape index (κ1) is 25.5. The molecule has 0 heterocycles. The quantitative estimate of drug-likeness (QED) is 0.448. The van der Waals surface area contributed by atoms with Crippen molar-refractivity contribution in [3.8, 4) is 0 Å². The molecule has 0 amide bonds. The lowest BCUT2D eigenvalue weighted by Gasteiger charge is -2.38. The average Bonchev–Trinajstić information content (AvgIpc) is 2.56. The van der Waals surface area contributed by atoms with E-state index in [4.69, 9.17) is 13.3 Å². The van der Waals surface area contributed by atoms with E-state index in [2.05, 4.69) is 39.3 Å². The fraction of sp³-hybridized carbons (Fsp3) is 1.00. The topological polar surface area (TPSA) is 30.9 Å². The molecule has 0 aromatic heterocycles. The Morgan fingerprint density at radius 2 is 1.13 bits per heavy atom. The van der Waals surface area contributed by atoms with Crippen LogP contribution in [0.5, 0.6) is 0 Å². The van der Waals surface area contributed by atoms with Gasteiger partial charge in [-0.25, -0.2) is 0 Å². The van der Waals surface area contributed by atoms with Gasteiger partial charge in [0.1, 0.15) is 8.24 Å². The molecule has 6 heteroatoms. The van der Waals surface area contributed by atoms with Gasteiger partial charge in [0.2, 0.25) is 0 Å². The highest BCUT2D eigenvalue weighted by molar-refractivity contribution is 6.76. The number of rotatable bonds is 13. The third kappa shape index (κ3) is 11.5. The van der Waals surface area contributed by atoms with Crippen LogP contribution in [0.4, 0.5) is 0 Å². The highest BCUT2D eigenvalue weighted by Gasteiger charge is 2.31. The third-order valence-electron chi connectivity index (χ3n) is 4.54. The van der Waals surface area contributed by atoms with Crippen LogP contribution in [0.2, 0.25) is 18.1 Å². The zero-order valence-corrected chi connectivity index (χ0v) is 19.3. The van der Waals surface area contributed by atoms with Crippen molar-refractivity contribution in [1.29, 1.82) is 0 Å². The lowest BCUT2D eigenvalue weighted by atomic mass is 10.3. The number of hydrogen-bond donors (Lipinski definition) is 0. The molecule has 0 saturated heterocycles. The van der Waals surface area contributed by atoms with Crippen molar-refractivity contribution in [2.24, 2.45) is 0 Å². The molecule has 0 aliphatic heterocycles. The van der Waals surface area contributed by atoms with E-state index in [1.807, 2.05) is 20.8 Å². The zero-order valence-electron chi connectivity index (χ0n) is 17.1. The Bertz CT molecular complexity index is 219. The highest BCUT2D eigenvalue weighted by atomic mass is 28.3. The molecule has 0 aromatic rings. The second kappa shape index (κ2) is 17.1. The maximum absolute atomic E-state index is 5.22. The van der Waals surface area contributed by atoms with E-state index < -0.39 is 17.8 Å².